The third-order valence-electron chi connectivity index (χ3n) is 11.1. The number of phenols is 2. The Morgan fingerprint density at radius 3 is 2.20 bits per heavy atom. The number of nitrogens with zero attached hydrogens (tertiary/aromatic N) is 2. The topological polar surface area (TPSA) is 191 Å². The molecule has 0 radical (unpaired) electrons. The molecule has 6 N–H and O–H groups in total. The first kappa shape index (κ1) is 41.0. The molecule has 2 aliphatic heterocycles. The van der Waals surface area contributed by atoms with Crippen LogP contribution in [-0.4, -0.2) is 92.6 Å². The minimum Gasteiger partial charge on any atom is -0.507 e. The van der Waals surface area contributed by atoms with Gasteiger partial charge >= 0.3 is 5.79 Å². The van der Waals surface area contributed by atoms with Gasteiger partial charge in [0.15, 0.2) is 10.9 Å². The number of carbonyl (C=O) groups is 2. The van der Waals surface area contributed by atoms with E-state index in [0.717, 1.165) is 0 Å². The zero-order chi connectivity index (χ0) is 40.0. The number of hydrogen-bond donors (Lipinski definition) is 6. The first-order chi connectivity index (χ1) is 25.4. The van der Waals surface area contributed by atoms with Crippen LogP contribution < -0.4 is 15.0 Å². The fourth-order valence-corrected chi connectivity index (χ4v) is 8.55. The van der Waals surface area contributed by atoms with Crippen LogP contribution in [0.3, 0.4) is 0 Å². The van der Waals surface area contributed by atoms with Gasteiger partial charge in [-0.2, -0.15) is 0 Å². The Kier molecular flexibility index (Phi) is 12.0. The molecule has 3 aromatic rings. The lowest BCUT2D eigenvalue weighted by Crippen LogP contribution is -2.44. The van der Waals surface area contributed by atoms with E-state index in [0.29, 0.717) is 22.9 Å². The third-order valence-corrected chi connectivity index (χ3v) is 12.3. The van der Waals surface area contributed by atoms with Crippen LogP contribution in [0.15, 0.2) is 36.1 Å². The molecule has 1 amide bonds. The van der Waals surface area contributed by atoms with E-state index in [-0.39, 0.29) is 50.2 Å². The Bertz CT molecular complexity index is 2020. The van der Waals surface area contributed by atoms with Crippen molar-refractivity contribution in [1.29, 1.82) is 0 Å². The SMILES string of the molecule is CCN(CC)c1nc2c(s1)c1c(O)c3c(O)c(C)c4c(c32)C(=O)C(C)(O/C=C/C(OC)C(C)C(O)C(C)C(O)C(C)C(O)C(C)/C=C/C=C(/C)C(=O)N1)O4. The molecule has 13 nitrogen and oxygen atoms in total. The van der Waals surface area contributed by atoms with Gasteiger partial charge in [0.2, 0.25) is 0 Å². The molecule has 0 aliphatic carbocycles. The quantitative estimate of drug-likeness (QED) is 0.172. The molecule has 3 heterocycles. The summed E-state index contributed by atoms with van der Waals surface area (Å²) in [7, 11) is 1.46. The highest BCUT2D eigenvalue weighted by Gasteiger charge is 2.49. The van der Waals surface area contributed by atoms with Crippen LogP contribution in [0.2, 0.25) is 0 Å². The largest absolute Gasteiger partial charge is 0.507 e. The summed E-state index contributed by atoms with van der Waals surface area (Å²) in [5.74, 6) is -6.08. The number of phenolic OH excluding ortho intramolecular Hbond substituents is 2. The van der Waals surface area contributed by atoms with Gasteiger partial charge in [0.05, 0.1) is 51.8 Å². The molecular weight excluding hydrogens is 715 g/mol. The lowest BCUT2D eigenvalue weighted by atomic mass is 9.78. The van der Waals surface area contributed by atoms with Crippen molar-refractivity contribution in [2.75, 3.05) is 30.4 Å². The number of amides is 1. The molecule has 9 unspecified atom stereocenters. The molecule has 0 fully saturated rings. The van der Waals surface area contributed by atoms with E-state index in [9.17, 15) is 35.1 Å². The lowest BCUT2D eigenvalue weighted by Gasteiger charge is -2.36. The Balaban J connectivity index is 1.74. The highest BCUT2D eigenvalue weighted by Crippen LogP contribution is 2.55. The number of nitrogens with one attached hydrogen (secondary N) is 1. The molecule has 2 aliphatic rings. The van der Waals surface area contributed by atoms with E-state index in [1.807, 2.05) is 18.7 Å². The minimum absolute atomic E-state index is 0.0233. The number of anilines is 2. The number of aromatic hydroxyl groups is 2. The van der Waals surface area contributed by atoms with Gasteiger partial charge in [-0.15, -0.1) is 0 Å². The molecule has 1 aromatic heterocycles. The van der Waals surface area contributed by atoms with Crippen LogP contribution in [-0.2, 0) is 14.3 Å². The zero-order valence-electron chi connectivity index (χ0n) is 32.5. The van der Waals surface area contributed by atoms with Gasteiger partial charge in [-0.05, 0) is 33.8 Å². The number of carbonyl (C=O) groups excluding carboxylic acids is 2. The van der Waals surface area contributed by atoms with E-state index in [4.69, 9.17) is 19.2 Å². The molecular formula is C40H53N3O10S. The summed E-state index contributed by atoms with van der Waals surface area (Å²) >= 11 is 1.23. The number of ketones is 1. The van der Waals surface area contributed by atoms with Gasteiger partial charge in [0.25, 0.3) is 11.7 Å². The van der Waals surface area contributed by atoms with Crippen molar-refractivity contribution in [2.45, 2.75) is 92.5 Å². The van der Waals surface area contributed by atoms with Crippen LogP contribution in [0.4, 0.5) is 10.8 Å². The second-order valence-corrected chi connectivity index (χ2v) is 15.6. The fourth-order valence-electron chi connectivity index (χ4n) is 7.35. The van der Waals surface area contributed by atoms with Crippen molar-refractivity contribution in [1.82, 2.24) is 4.98 Å². The summed E-state index contributed by atoms with van der Waals surface area (Å²) in [5, 5.41) is 60.8. The molecule has 5 rings (SSSR count). The Labute approximate surface area is 319 Å². The van der Waals surface area contributed by atoms with Crippen molar-refractivity contribution in [3.05, 3.63) is 47.3 Å². The molecule has 4 bridgehead atoms. The molecule has 0 saturated heterocycles. The Hall–Kier alpha value is -4.21. The fraction of sp³-hybridized carbons (Fsp3) is 0.525. The van der Waals surface area contributed by atoms with E-state index in [1.54, 1.807) is 59.8 Å². The van der Waals surface area contributed by atoms with Crippen molar-refractivity contribution in [3.8, 4) is 17.2 Å². The van der Waals surface area contributed by atoms with E-state index in [2.05, 4.69) is 5.32 Å². The number of benzene rings is 2. The molecule has 0 spiro atoms. The number of rotatable bonds is 4. The van der Waals surface area contributed by atoms with Gasteiger partial charge in [0.1, 0.15) is 17.2 Å². The van der Waals surface area contributed by atoms with Gasteiger partial charge in [-0.1, -0.05) is 57.3 Å². The number of thiazole rings is 1. The van der Waals surface area contributed by atoms with Crippen LogP contribution in [0.1, 0.15) is 71.3 Å². The highest BCUT2D eigenvalue weighted by molar-refractivity contribution is 7.23. The molecule has 14 heteroatoms. The number of aliphatic hydroxyl groups is 3. The number of fused-ring (bicyclic) bond motifs is 1. The summed E-state index contributed by atoms with van der Waals surface area (Å²) in [5.41, 5.74) is 0.801. The molecule has 294 valence electrons. The van der Waals surface area contributed by atoms with Gasteiger partial charge in [0, 0.05) is 67.3 Å². The van der Waals surface area contributed by atoms with E-state index < -0.39 is 71.3 Å². The van der Waals surface area contributed by atoms with E-state index in [1.165, 1.54) is 37.7 Å². The standard InChI is InChI=1S/C40H53N3O10S/c1-11-43(12-2)39-42-28-25-26-33(47)23(8)35-27(25)37(49)40(9,53-35)52-17-16-24(51-10)20(5)31(45)22(7)32(46)21(6)30(44)18(3)14-13-15-19(4)38(50)41-29(34(26)48)36(28)54-39/h13-18,20-22,24,30-32,44-48H,11-12H2,1-10H3,(H,41,50)/b14-13+,17-16+,19-15-. The number of hydrogen-bond acceptors (Lipinski definition) is 13. The second-order valence-electron chi connectivity index (χ2n) is 14.6. The Morgan fingerprint density at radius 1 is 0.944 bits per heavy atom. The first-order valence-corrected chi connectivity index (χ1v) is 19.2. The Morgan fingerprint density at radius 2 is 1.57 bits per heavy atom. The number of aromatic nitrogens is 1. The van der Waals surface area contributed by atoms with Crippen molar-refractivity contribution in [2.24, 2.45) is 23.7 Å². The van der Waals surface area contributed by atoms with Crippen molar-refractivity contribution < 1.29 is 49.3 Å². The summed E-state index contributed by atoms with van der Waals surface area (Å²) in [6, 6.07) is 0. The first-order valence-electron chi connectivity index (χ1n) is 18.3. The monoisotopic (exact) mass is 767 g/mol. The predicted octanol–water partition coefficient (Wildman–Crippen LogP) is 5.93. The number of ether oxygens (including phenoxy) is 3. The third kappa shape index (κ3) is 7.05. The van der Waals surface area contributed by atoms with E-state index >= 15 is 0 Å². The van der Waals surface area contributed by atoms with Gasteiger partial charge in [-0.25, -0.2) is 4.98 Å². The number of methoxy groups -OCH3 is 1. The summed E-state index contributed by atoms with van der Waals surface area (Å²) in [6.07, 6.45) is 3.88. The summed E-state index contributed by atoms with van der Waals surface area (Å²) in [6.45, 7) is 16.7. The second kappa shape index (κ2) is 15.9. The number of aliphatic hydroxyl groups excluding tert-OH is 3. The number of allylic oxidation sites excluding steroid dienone is 2. The summed E-state index contributed by atoms with van der Waals surface area (Å²) in [4.78, 5) is 35.0. The van der Waals surface area contributed by atoms with Crippen molar-refractivity contribution in [3.63, 3.8) is 0 Å². The summed E-state index contributed by atoms with van der Waals surface area (Å²) < 4.78 is 18.3. The van der Waals surface area contributed by atoms with Crippen molar-refractivity contribution >= 4 is 54.8 Å². The maximum atomic E-state index is 14.4. The number of Topliss-reactive ketones (excluding diaryl/α,β-unsaturated/α-hetero) is 1. The highest BCUT2D eigenvalue weighted by atomic mass is 32.1. The average Bonchev–Trinajstić information content (AvgIpc) is 3.70. The van der Waals surface area contributed by atoms with Gasteiger partial charge in [-0.3, -0.25) is 9.59 Å². The molecule has 2 aromatic carbocycles. The van der Waals surface area contributed by atoms with Crippen LogP contribution >= 0.6 is 11.3 Å². The van der Waals surface area contributed by atoms with Crippen LogP contribution in [0.5, 0.6) is 17.2 Å². The molecule has 9 atom stereocenters. The predicted molar refractivity (Wildman–Crippen MR) is 209 cm³/mol. The molecule has 54 heavy (non-hydrogen) atoms. The zero-order valence-corrected chi connectivity index (χ0v) is 33.3. The normalized spacial score (nSPS) is 31.9. The van der Waals surface area contributed by atoms with Gasteiger partial charge < -0.3 is 50.0 Å². The maximum absolute atomic E-state index is 14.4. The van der Waals surface area contributed by atoms with Crippen LogP contribution in [0.25, 0.3) is 21.0 Å². The van der Waals surface area contributed by atoms with Crippen LogP contribution in [0, 0.1) is 30.6 Å². The smallest absolute Gasteiger partial charge is 0.312 e. The lowest BCUT2D eigenvalue weighted by molar-refractivity contribution is -0.112. The average molecular weight is 768 g/mol. The minimum atomic E-state index is -1.91. The molecule has 0 saturated carbocycles. The maximum Gasteiger partial charge on any atom is 0.312 e.